The Labute approximate surface area is 153 Å². The fourth-order valence-corrected chi connectivity index (χ4v) is 4.00. The smallest absolute Gasteiger partial charge is 0.411 e. The maximum Gasteiger partial charge on any atom is 0.411 e. The summed E-state index contributed by atoms with van der Waals surface area (Å²) in [6.45, 7) is 0.187. The van der Waals surface area contributed by atoms with E-state index in [1.165, 1.54) is 0 Å². The van der Waals surface area contributed by atoms with Gasteiger partial charge in [-0.15, -0.1) is 11.3 Å². The number of hydrogen-bond donors (Lipinski definition) is 2. The first-order chi connectivity index (χ1) is 12.6. The molecule has 0 radical (unpaired) electrons. The van der Waals surface area contributed by atoms with Crippen LogP contribution in [0, 0.1) is 0 Å². The molecule has 6 heteroatoms. The normalized spacial score (nSPS) is 12.3. The summed E-state index contributed by atoms with van der Waals surface area (Å²) in [5.41, 5.74) is 4.82. The van der Waals surface area contributed by atoms with Crippen LogP contribution in [0.1, 0.15) is 26.7 Å². The van der Waals surface area contributed by atoms with Gasteiger partial charge < -0.3 is 9.84 Å². The molecule has 0 atom stereocenters. The lowest BCUT2D eigenvalue weighted by Gasteiger charge is -2.14. The molecule has 26 heavy (non-hydrogen) atoms. The van der Waals surface area contributed by atoms with Gasteiger partial charge in [-0.3, -0.25) is 5.32 Å². The Balaban J connectivity index is 1.50. The number of anilines is 1. The Kier molecular flexibility index (Phi) is 4.18. The van der Waals surface area contributed by atoms with Crippen molar-refractivity contribution in [2.45, 2.75) is 5.92 Å². The third-order valence-corrected chi connectivity index (χ3v) is 5.34. The van der Waals surface area contributed by atoms with E-state index >= 15 is 0 Å². The molecule has 4 rings (SSSR count). The van der Waals surface area contributed by atoms with E-state index in [1.54, 1.807) is 11.4 Å². The van der Waals surface area contributed by atoms with E-state index in [0.717, 1.165) is 33.6 Å². The van der Waals surface area contributed by atoms with Crippen LogP contribution in [0.5, 0.6) is 0 Å². The van der Waals surface area contributed by atoms with Crippen LogP contribution < -0.4 is 5.32 Å². The number of benzene rings is 2. The molecule has 0 bridgehead atoms. The predicted octanol–water partition coefficient (Wildman–Crippen LogP) is 4.81. The fraction of sp³-hybridized carbons (Fsp3) is 0.100. The van der Waals surface area contributed by atoms with Crippen LogP contribution in [0.25, 0.3) is 11.1 Å². The third-order valence-electron chi connectivity index (χ3n) is 4.44. The Morgan fingerprint density at radius 1 is 1.00 bits per heavy atom. The number of carboxylic acids is 1. The Morgan fingerprint density at radius 2 is 1.62 bits per heavy atom. The van der Waals surface area contributed by atoms with Crippen molar-refractivity contribution in [2.24, 2.45) is 0 Å². The molecule has 1 aliphatic rings. The molecule has 2 N–H and O–H groups in total. The van der Waals surface area contributed by atoms with Crippen molar-refractivity contribution >= 4 is 29.1 Å². The molecule has 0 spiro atoms. The number of hydrogen-bond acceptors (Lipinski definition) is 4. The summed E-state index contributed by atoms with van der Waals surface area (Å²) in [7, 11) is 0. The summed E-state index contributed by atoms with van der Waals surface area (Å²) in [5, 5.41) is 13.2. The van der Waals surface area contributed by atoms with Crippen LogP contribution in [-0.2, 0) is 4.74 Å². The maximum atomic E-state index is 12.1. The highest BCUT2D eigenvalue weighted by Crippen LogP contribution is 2.44. The Bertz CT molecular complexity index is 949. The highest BCUT2D eigenvalue weighted by molar-refractivity contribution is 7.12. The summed E-state index contributed by atoms with van der Waals surface area (Å²) in [4.78, 5) is 23.4. The van der Waals surface area contributed by atoms with E-state index in [2.05, 4.69) is 17.4 Å². The summed E-state index contributed by atoms with van der Waals surface area (Å²) in [5.74, 6) is -1.11. The highest BCUT2D eigenvalue weighted by Gasteiger charge is 2.29. The largest absolute Gasteiger partial charge is 0.477 e. The number of carbonyl (C=O) groups excluding carboxylic acids is 1. The Morgan fingerprint density at radius 3 is 2.23 bits per heavy atom. The standard InChI is InChI=1S/C20H15NO4S/c22-19(23)18-17(9-10-26-18)21-20(24)25-11-16-14-7-3-1-5-12(14)13-6-2-4-8-15(13)16/h1-10,16H,11H2,(H,21,24)(H,22,23). The number of carbonyl (C=O) groups is 2. The lowest BCUT2D eigenvalue weighted by Crippen LogP contribution is -2.18. The first kappa shape index (κ1) is 16.4. The van der Waals surface area contributed by atoms with Crippen molar-refractivity contribution in [1.29, 1.82) is 0 Å². The topological polar surface area (TPSA) is 75.6 Å². The van der Waals surface area contributed by atoms with E-state index < -0.39 is 12.1 Å². The molecule has 1 aliphatic carbocycles. The zero-order valence-corrected chi connectivity index (χ0v) is 14.5. The van der Waals surface area contributed by atoms with Crippen LogP contribution in [0.2, 0.25) is 0 Å². The van der Waals surface area contributed by atoms with Crippen molar-refractivity contribution in [3.05, 3.63) is 76.0 Å². The molecule has 0 aliphatic heterocycles. The SMILES string of the molecule is O=C(Nc1ccsc1C(=O)O)OCC1c2ccccc2-c2ccccc21. The van der Waals surface area contributed by atoms with Gasteiger partial charge in [0, 0.05) is 5.92 Å². The molecule has 5 nitrogen and oxygen atoms in total. The average molecular weight is 365 g/mol. The van der Waals surface area contributed by atoms with Crippen LogP contribution in [0.15, 0.2) is 60.0 Å². The second-order valence-electron chi connectivity index (χ2n) is 5.92. The minimum Gasteiger partial charge on any atom is -0.477 e. The van der Waals surface area contributed by atoms with Crippen molar-refractivity contribution in [2.75, 3.05) is 11.9 Å². The number of thiophene rings is 1. The van der Waals surface area contributed by atoms with Gasteiger partial charge in [0.15, 0.2) is 0 Å². The van der Waals surface area contributed by atoms with Crippen LogP contribution in [0.4, 0.5) is 10.5 Å². The number of amides is 1. The quantitative estimate of drug-likeness (QED) is 0.696. The fourth-order valence-electron chi connectivity index (χ4n) is 3.32. The van der Waals surface area contributed by atoms with Gasteiger partial charge in [0.2, 0.25) is 0 Å². The minimum absolute atomic E-state index is 0.0328. The van der Waals surface area contributed by atoms with Crippen molar-refractivity contribution < 1.29 is 19.4 Å². The van der Waals surface area contributed by atoms with Gasteiger partial charge in [0.25, 0.3) is 0 Å². The molecule has 0 unspecified atom stereocenters. The summed E-state index contributed by atoms with van der Waals surface area (Å²) < 4.78 is 5.41. The molecule has 130 valence electrons. The number of ether oxygens (including phenoxy) is 1. The first-order valence-corrected chi connectivity index (χ1v) is 8.96. The lowest BCUT2D eigenvalue weighted by atomic mass is 9.98. The van der Waals surface area contributed by atoms with E-state index in [1.807, 2.05) is 36.4 Å². The van der Waals surface area contributed by atoms with Crippen molar-refractivity contribution in [3.63, 3.8) is 0 Å². The van der Waals surface area contributed by atoms with Gasteiger partial charge in [-0.2, -0.15) is 0 Å². The number of carboxylic acid groups (broad SMARTS) is 1. The van der Waals surface area contributed by atoms with E-state index in [9.17, 15) is 9.59 Å². The average Bonchev–Trinajstić information content (AvgIpc) is 3.23. The zero-order valence-electron chi connectivity index (χ0n) is 13.6. The van der Waals surface area contributed by atoms with Crippen LogP contribution in [-0.4, -0.2) is 23.8 Å². The zero-order chi connectivity index (χ0) is 18.1. The molecular weight excluding hydrogens is 350 g/mol. The molecule has 2 aromatic carbocycles. The van der Waals surface area contributed by atoms with Gasteiger partial charge in [-0.25, -0.2) is 9.59 Å². The number of nitrogens with one attached hydrogen (secondary N) is 1. The Hall–Kier alpha value is -3.12. The van der Waals surface area contributed by atoms with Crippen molar-refractivity contribution in [3.8, 4) is 11.1 Å². The van der Waals surface area contributed by atoms with Gasteiger partial charge in [0.05, 0.1) is 5.69 Å². The van der Waals surface area contributed by atoms with Crippen LogP contribution >= 0.6 is 11.3 Å². The minimum atomic E-state index is -1.08. The van der Waals surface area contributed by atoms with E-state index in [0.29, 0.717) is 0 Å². The molecule has 1 heterocycles. The summed E-state index contributed by atoms with van der Waals surface area (Å²) in [6, 6.07) is 17.7. The van der Waals surface area contributed by atoms with Crippen molar-refractivity contribution in [1.82, 2.24) is 0 Å². The molecule has 0 saturated carbocycles. The predicted molar refractivity (Wildman–Crippen MR) is 100.0 cm³/mol. The van der Waals surface area contributed by atoms with Gasteiger partial charge in [-0.1, -0.05) is 48.5 Å². The van der Waals surface area contributed by atoms with Gasteiger partial charge in [-0.05, 0) is 33.7 Å². The molecule has 0 saturated heterocycles. The summed E-state index contributed by atoms with van der Waals surface area (Å²) in [6.07, 6.45) is -0.659. The monoisotopic (exact) mass is 365 g/mol. The van der Waals surface area contributed by atoms with Gasteiger partial charge >= 0.3 is 12.1 Å². The molecule has 3 aromatic rings. The maximum absolute atomic E-state index is 12.1. The summed E-state index contributed by atoms with van der Waals surface area (Å²) >= 11 is 1.05. The molecule has 0 fully saturated rings. The second kappa shape index (κ2) is 6.65. The highest BCUT2D eigenvalue weighted by atomic mass is 32.1. The van der Waals surface area contributed by atoms with Gasteiger partial charge in [0.1, 0.15) is 11.5 Å². The lowest BCUT2D eigenvalue weighted by molar-refractivity contribution is 0.0703. The molecular formula is C20H15NO4S. The number of aromatic carboxylic acids is 1. The van der Waals surface area contributed by atoms with E-state index in [4.69, 9.17) is 9.84 Å². The molecule has 1 amide bonds. The van der Waals surface area contributed by atoms with Crippen LogP contribution in [0.3, 0.4) is 0 Å². The number of rotatable bonds is 4. The first-order valence-electron chi connectivity index (χ1n) is 8.08. The molecule has 1 aromatic heterocycles. The second-order valence-corrected chi connectivity index (χ2v) is 6.84. The third kappa shape index (κ3) is 2.84. The number of fused-ring (bicyclic) bond motifs is 3. The van der Waals surface area contributed by atoms with E-state index in [-0.39, 0.29) is 23.1 Å².